The molecule has 0 atom stereocenters. The molecule has 0 aliphatic carbocycles. The second-order valence-electron chi connectivity index (χ2n) is 6.70. The van der Waals surface area contributed by atoms with E-state index in [-0.39, 0.29) is 49.2 Å². The van der Waals surface area contributed by atoms with Crippen molar-refractivity contribution < 1.29 is 28.9 Å². The Kier molecular flexibility index (Phi) is 8.32. The number of nitrogen functional groups attached to an aromatic ring is 1. The number of nitrogens with zero attached hydrogens (tertiary/aromatic N) is 3. The van der Waals surface area contributed by atoms with E-state index in [4.69, 9.17) is 15.2 Å². The van der Waals surface area contributed by atoms with Crippen LogP contribution >= 0.6 is 0 Å². The third-order valence-corrected chi connectivity index (χ3v) is 4.47. The summed E-state index contributed by atoms with van der Waals surface area (Å²) in [6.07, 6.45) is 0.352. The van der Waals surface area contributed by atoms with Gasteiger partial charge in [0, 0.05) is 44.9 Å². The summed E-state index contributed by atoms with van der Waals surface area (Å²) < 4.78 is 9.71. The van der Waals surface area contributed by atoms with Gasteiger partial charge in [-0.3, -0.25) is 34.7 Å². The van der Waals surface area contributed by atoms with Crippen molar-refractivity contribution >= 4 is 34.6 Å². The molecule has 0 saturated carbocycles. The fourth-order valence-corrected chi connectivity index (χ4v) is 3.08. The van der Waals surface area contributed by atoms with Gasteiger partial charge in [0.25, 0.3) is 11.4 Å². The van der Waals surface area contributed by atoms with Crippen molar-refractivity contribution in [1.29, 1.82) is 0 Å². The Morgan fingerprint density at radius 2 is 1.34 bits per heavy atom. The average Bonchev–Trinajstić information content (AvgIpc) is 3.06. The van der Waals surface area contributed by atoms with Gasteiger partial charge in [-0.05, 0) is 24.3 Å². The van der Waals surface area contributed by atoms with Gasteiger partial charge in [-0.2, -0.15) is 0 Å². The van der Waals surface area contributed by atoms with E-state index in [0.717, 1.165) is 4.90 Å². The van der Waals surface area contributed by atoms with Crippen LogP contribution < -0.4 is 10.6 Å². The Hall–Kier alpha value is -3.90. The first-order valence-electron chi connectivity index (χ1n) is 9.33. The van der Waals surface area contributed by atoms with Crippen molar-refractivity contribution in [1.82, 2.24) is 0 Å². The maximum absolute atomic E-state index is 11.6. The number of methoxy groups -OCH3 is 2. The fourth-order valence-electron chi connectivity index (χ4n) is 3.08. The Morgan fingerprint density at radius 3 is 1.81 bits per heavy atom. The summed E-state index contributed by atoms with van der Waals surface area (Å²) >= 11 is 0. The van der Waals surface area contributed by atoms with Crippen LogP contribution in [0.2, 0.25) is 0 Å². The van der Waals surface area contributed by atoms with Gasteiger partial charge in [-0.25, -0.2) is 0 Å². The predicted octanol–water partition coefficient (Wildman–Crippen LogP) is 2.72. The molecular formula is C20H22N4O8. The molecule has 1 aliphatic rings. The summed E-state index contributed by atoms with van der Waals surface area (Å²) in [5.74, 6) is -0.579. The zero-order valence-electron chi connectivity index (χ0n) is 17.5. The number of hydrogen-bond donors (Lipinski definition) is 1. The van der Waals surface area contributed by atoms with Crippen LogP contribution in [0, 0.1) is 20.2 Å². The van der Waals surface area contributed by atoms with Crippen LogP contribution in [-0.2, 0) is 32.3 Å². The molecule has 0 bridgehead atoms. The topological polar surface area (TPSA) is 168 Å². The highest BCUT2D eigenvalue weighted by Gasteiger charge is 2.31. The molecule has 12 heteroatoms. The van der Waals surface area contributed by atoms with Gasteiger partial charge in [0.05, 0.1) is 39.9 Å². The SMILES string of the molecule is COCc1cc(N)ccc1[N+](=O)[O-].COCc1cc(N2C(=O)CCC2=O)ccc1[N+](=O)[O-]. The summed E-state index contributed by atoms with van der Waals surface area (Å²) in [7, 11) is 2.90. The highest BCUT2D eigenvalue weighted by molar-refractivity contribution is 6.19. The Bertz CT molecular complexity index is 1020. The van der Waals surface area contributed by atoms with Gasteiger partial charge in [0.2, 0.25) is 11.8 Å². The highest BCUT2D eigenvalue weighted by atomic mass is 16.6. The Balaban J connectivity index is 0.000000244. The third kappa shape index (κ3) is 5.83. The molecule has 2 aromatic rings. The number of imide groups is 1. The number of anilines is 2. The van der Waals surface area contributed by atoms with Crippen LogP contribution in [0.4, 0.5) is 22.7 Å². The monoisotopic (exact) mass is 446 g/mol. The van der Waals surface area contributed by atoms with Crippen LogP contribution in [0.15, 0.2) is 36.4 Å². The lowest BCUT2D eigenvalue weighted by atomic mass is 10.1. The van der Waals surface area contributed by atoms with E-state index in [1.807, 2.05) is 0 Å². The number of nitro benzene ring substituents is 2. The zero-order chi connectivity index (χ0) is 23.8. The average molecular weight is 446 g/mol. The summed E-state index contributed by atoms with van der Waals surface area (Å²) in [5, 5.41) is 21.4. The first-order chi connectivity index (χ1) is 15.2. The van der Waals surface area contributed by atoms with E-state index in [1.54, 1.807) is 6.07 Å². The van der Waals surface area contributed by atoms with E-state index in [1.165, 1.54) is 44.6 Å². The van der Waals surface area contributed by atoms with E-state index < -0.39 is 9.85 Å². The standard InChI is InChI=1S/C12H12N2O5.C8H10N2O3/c1-19-7-8-6-9(2-3-10(8)14(17)18)13-11(15)4-5-12(13)16;1-13-5-6-4-7(9)2-3-8(6)10(11)12/h2-3,6H,4-5,7H2,1H3;2-4H,5,9H2,1H3. The van der Waals surface area contributed by atoms with Crippen molar-refractivity contribution in [2.24, 2.45) is 0 Å². The smallest absolute Gasteiger partial charge is 0.275 e. The fraction of sp³-hybridized carbons (Fsp3) is 0.300. The molecule has 1 fully saturated rings. The molecule has 12 nitrogen and oxygen atoms in total. The van der Waals surface area contributed by atoms with Crippen molar-refractivity contribution in [3.63, 3.8) is 0 Å². The number of carbonyl (C=O) groups is 2. The van der Waals surface area contributed by atoms with E-state index >= 15 is 0 Å². The van der Waals surface area contributed by atoms with E-state index in [0.29, 0.717) is 22.5 Å². The first kappa shape index (κ1) is 24.4. The minimum atomic E-state index is -0.522. The summed E-state index contributed by atoms with van der Waals surface area (Å²) in [4.78, 5) is 44.7. The molecule has 2 aromatic carbocycles. The predicted molar refractivity (Wildman–Crippen MR) is 114 cm³/mol. The number of amides is 2. The van der Waals surface area contributed by atoms with Crippen LogP contribution in [0.3, 0.4) is 0 Å². The third-order valence-electron chi connectivity index (χ3n) is 4.47. The summed E-state index contributed by atoms with van der Waals surface area (Å²) in [5.41, 5.74) is 7.10. The summed E-state index contributed by atoms with van der Waals surface area (Å²) in [6.45, 7) is 0.238. The second-order valence-corrected chi connectivity index (χ2v) is 6.70. The number of nitrogens with two attached hydrogens (primary N) is 1. The van der Waals surface area contributed by atoms with Crippen LogP contribution in [0.1, 0.15) is 24.0 Å². The van der Waals surface area contributed by atoms with Crippen LogP contribution in [-0.4, -0.2) is 35.9 Å². The molecule has 2 amide bonds. The molecule has 1 aliphatic heterocycles. The molecule has 32 heavy (non-hydrogen) atoms. The van der Waals surface area contributed by atoms with E-state index in [2.05, 4.69) is 0 Å². The number of hydrogen-bond acceptors (Lipinski definition) is 9. The van der Waals surface area contributed by atoms with Crippen molar-refractivity contribution in [2.75, 3.05) is 24.9 Å². The summed E-state index contributed by atoms with van der Waals surface area (Å²) in [6, 6.07) is 8.55. The largest absolute Gasteiger partial charge is 0.399 e. The number of benzene rings is 2. The zero-order valence-corrected chi connectivity index (χ0v) is 17.5. The van der Waals surface area contributed by atoms with Gasteiger partial charge in [0.15, 0.2) is 0 Å². The molecule has 2 N–H and O–H groups in total. The van der Waals surface area contributed by atoms with Crippen molar-refractivity contribution in [3.05, 3.63) is 67.8 Å². The lowest BCUT2D eigenvalue weighted by Gasteiger charge is -2.14. The van der Waals surface area contributed by atoms with Crippen LogP contribution in [0.5, 0.6) is 0 Å². The Morgan fingerprint density at radius 1 is 0.875 bits per heavy atom. The van der Waals surface area contributed by atoms with Gasteiger partial charge >= 0.3 is 0 Å². The van der Waals surface area contributed by atoms with Crippen molar-refractivity contribution in [2.45, 2.75) is 26.1 Å². The van der Waals surface area contributed by atoms with Gasteiger partial charge in [-0.15, -0.1) is 0 Å². The quantitative estimate of drug-likeness (QED) is 0.291. The molecule has 1 saturated heterocycles. The van der Waals surface area contributed by atoms with Crippen LogP contribution in [0.25, 0.3) is 0 Å². The molecule has 0 spiro atoms. The molecular weight excluding hydrogens is 424 g/mol. The molecule has 170 valence electrons. The van der Waals surface area contributed by atoms with Gasteiger partial charge in [0.1, 0.15) is 0 Å². The molecule has 0 aromatic heterocycles. The normalized spacial score (nSPS) is 13.0. The number of carbonyl (C=O) groups excluding carboxylic acids is 2. The molecule has 3 rings (SSSR count). The Labute approximate surface area is 182 Å². The second kappa shape index (κ2) is 10.9. The molecule has 0 radical (unpaired) electrons. The highest BCUT2D eigenvalue weighted by Crippen LogP contribution is 2.29. The lowest BCUT2D eigenvalue weighted by Crippen LogP contribution is -2.28. The number of ether oxygens (including phenoxy) is 2. The lowest BCUT2D eigenvalue weighted by molar-refractivity contribution is -0.386. The number of nitro groups is 2. The minimum absolute atomic E-state index is 0.0380. The maximum Gasteiger partial charge on any atom is 0.275 e. The van der Waals surface area contributed by atoms with E-state index in [9.17, 15) is 29.8 Å². The number of rotatable bonds is 7. The van der Waals surface area contributed by atoms with Gasteiger partial charge < -0.3 is 15.2 Å². The molecule has 1 heterocycles. The first-order valence-corrected chi connectivity index (χ1v) is 9.33. The van der Waals surface area contributed by atoms with Gasteiger partial charge in [-0.1, -0.05) is 0 Å². The minimum Gasteiger partial charge on any atom is -0.399 e. The maximum atomic E-state index is 11.6. The molecule has 0 unspecified atom stereocenters. The van der Waals surface area contributed by atoms with Crippen molar-refractivity contribution in [3.8, 4) is 0 Å².